The van der Waals surface area contributed by atoms with Crippen LogP contribution in [0.25, 0.3) is 11.1 Å². The van der Waals surface area contributed by atoms with E-state index in [9.17, 15) is 0 Å². The predicted molar refractivity (Wildman–Crippen MR) is 83.3 cm³/mol. The van der Waals surface area contributed by atoms with Gasteiger partial charge in [-0.15, -0.1) is 0 Å². The Kier molecular flexibility index (Phi) is 3.95. The Bertz CT molecular complexity index is 590. The molecule has 2 nitrogen and oxygen atoms in total. The zero-order valence-electron chi connectivity index (χ0n) is 11.5. The van der Waals surface area contributed by atoms with Gasteiger partial charge in [-0.1, -0.05) is 29.8 Å². The Morgan fingerprint density at radius 2 is 1.80 bits per heavy atom. The molecule has 1 aliphatic carbocycles. The van der Waals surface area contributed by atoms with Gasteiger partial charge in [0.05, 0.1) is 6.10 Å². The van der Waals surface area contributed by atoms with E-state index in [4.69, 9.17) is 16.3 Å². The van der Waals surface area contributed by atoms with Crippen LogP contribution in [0.3, 0.4) is 0 Å². The lowest BCUT2D eigenvalue weighted by atomic mass is 10.0. The first-order chi connectivity index (χ1) is 9.76. The maximum atomic E-state index is 6.19. The molecule has 0 aromatic heterocycles. The summed E-state index contributed by atoms with van der Waals surface area (Å²) in [4.78, 5) is 0. The average molecular weight is 288 g/mol. The SMILES string of the molecule is CNCc1cc(-c2ccc(OC3CC3)cc2)ccc1Cl. The van der Waals surface area contributed by atoms with Crippen molar-refractivity contribution >= 4 is 11.6 Å². The van der Waals surface area contributed by atoms with Gasteiger partial charge in [0, 0.05) is 11.6 Å². The van der Waals surface area contributed by atoms with Crippen LogP contribution in [0.15, 0.2) is 42.5 Å². The summed E-state index contributed by atoms with van der Waals surface area (Å²) in [5, 5.41) is 3.94. The third-order valence-corrected chi connectivity index (χ3v) is 3.80. The molecule has 2 aromatic carbocycles. The molecule has 1 saturated carbocycles. The Labute approximate surface area is 124 Å². The van der Waals surface area contributed by atoms with E-state index in [1.165, 1.54) is 24.0 Å². The molecule has 1 N–H and O–H groups in total. The topological polar surface area (TPSA) is 21.3 Å². The summed E-state index contributed by atoms with van der Waals surface area (Å²) in [6.07, 6.45) is 2.82. The zero-order valence-corrected chi connectivity index (χ0v) is 12.3. The molecule has 0 unspecified atom stereocenters. The lowest BCUT2D eigenvalue weighted by Gasteiger charge is -2.09. The van der Waals surface area contributed by atoms with Gasteiger partial charge in [0.1, 0.15) is 5.75 Å². The predicted octanol–water partition coefficient (Wildman–Crippen LogP) is 4.27. The van der Waals surface area contributed by atoms with Gasteiger partial charge < -0.3 is 10.1 Å². The number of hydrogen-bond acceptors (Lipinski definition) is 2. The summed E-state index contributed by atoms with van der Waals surface area (Å²) in [6.45, 7) is 0.773. The van der Waals surface area contributed by atoms with Crippen LogP contribution in [0.1, 0.15) is 18.4 Å². The maximum absolute atomic E-state index is 6.19. The van der Waals surface area contributed by atoms with Gasteiger partial charge in [-0.3, -0.25) is 0 Å². The molecule has 0 radical (unpaired) electrons. The molecular formula is C17H18ClNO. The van der Waals surface area contributed by atoms with Gasteiger partial charge in [0.2, 0.25) is 0 Å². The smallest absolute Gasteiger partial charge is 0.119 e. The highest BCUT2D eigenvalue weighted by atomic mass is 35.5. The second-order valence-electron chi connectivity index (χ2n) is 5.18. The number of benzene rings is 2. The summed E-state index contributed by atoms with van der Waals surface area (Å²) in [7, 11) is 1.92. The molecule has 3 heteroatoms. The van der Waals surface area contributed by atoms with Gasteiger partial charge in [0.15, 0.2) is 0 Å². The van der Waals surface area contributed by atoms with E-state index in [1.54, 1.807) is 0 Å². The highest BCUT2D eigenvalue weighted by molar-refractivity contribution is 6.31. The van der Waals surface area contributed by atoms with E-state index in [0.717, 1.165) is 22.9 Å². The fourth-order valence-electron chi connectivity index (χ4n) is 2.18. The standard InChI is InChI=1S/C17H18ClNO/c1-19-11-14-10-13(4-9-17(14)18)12-2-5-15(6-3-12)20-16-7-8-16/h2-6,9-10,16,19H,7-8,11H2,1H3. The van der Waals surface area contributed by atoms with Crippen molar-refractivity contribution in [3.8, 4) is 16.9 Å². The van der Waals surface area contributed by atoms with Crippen molar-refractivity contribution in [3.05, 3.63) is 53.1 Å². The number of ether oxygens (including phenoxy) is 1. The van der Waals surface area contributed by atoms with Crippen LogP contribution in [0.5, 0.6) is 5.75 Å². The minimum absolute atomic E-state index is 0.443. The summed E-state index contributed by atoms with van der Waals surface area (Å²) >= 11 is 6.19. The Balaban J connectivity index is 1.82. The van der Waals surface area contributed by atoms with E-state index in [2.05, 4.69) is 29.6 Å². The van der Waals surface area contributed by atoms with Crippen LogP contribution >= 0.6 is 11.6 Å². The van der Waals surface area contributed by atoms with Crippen molar-refractivity contribution in [2.24, 2.45) is 0 Å². The number of hydrogen-bond donors (Lipinski definition) is 1. The summed E-state index contributed by atoms with van der Waals surface area (Å²) in [5.41, 5.74) is 3.48. The van der Waals surface area contributed by atoms with Crippen molar-refractivity contribution in [2.75, 3.05) is 7.05 Å². The van der Waals surface area contributed by atoms with Crippen LogP contribution in [-0.2, 0) is 6.54 Å². The molecule has 0 atom stereocenters. The first kappa shape index (κ1) is 13.5. The molecule has 0 saturated heterocycles. The number of rotatable bonds is 5. The maximum Gasteiger partial charge on any atom is 0.119 e. The summed E-state index contributed by atoms with van der Waals surface area (Å²) < 4.78 is 5.77. The monoisotopic (exact) mass is 287 g/mol. The van der Waals surface area contributed by atoms with Crippen LogP contribution in [-0.4, -0.2) is 13.2 Å². The molecule has 0 heterocycles. The van der Waals surface area contributed by atoms with Crippen molar-refractivity contribution in [1.82, 2.24) is 5.32 Å². The van der Waals surface area contributed by atoms with E-state index in [0.29, 0.717) is 6.10 Å². The Morgan fingerprint density at radius 1 is 1.10 bits per heavy atom. The van der Waals surface area contributed by atoms with E-state index >= 15 is 0 Å². The highest BCUT2D eigenvalue weighted by Gasteiger charge is 2.23. The van der Waals surface area contributed by atoms with E-state index in [1.807, 2.05) is 25.2 Å². The third-order valence-electron chi connectivity index (χ3n) is 3.43. The van der Waals surface area contributed by atoms with Crippen molar-refractivity contribution in [2.45, 2.75) is 25.5 Å². The van der Waals surface area contributed by atoms with E-state index < -0.39 is 0 Å². The molecule has 20 heavy (non-hydrogen) atoms. The summed E-state index contributed by atoms with van der Waals surface area (Å²) in [6, 6.07) is 14.4. The average Bonchev–Trinajstić information content (AvgIpc) is 3.26. The van der Waals surface area contributed by atoms with Gasteiger partial charge in [-0.25, -0.2) is 0 Å². The largest absolute Gasteiger partial charge is 0.490 e. The van der Waals surface area contributed by atoms with Gasteiger partial charge in [0.25, 0.3) is 0 Å². The van der Waals surface area contributed by atoms with Crippen LogP contribution in [0, 0.1) is 0 Å². The first-order valence-electron chi connectivity index (χ1n) is 6.96. The minimum Gasteiger partial charge on any atom is -0.490 e. The molecule has 0 spiro atoms. The normalized spacial score (nSPS) is 14.3. The fraction of sp³-hybridized carbons (Fsp3) is 0.294. The quantitative estimate of drug-likeness (QED) is 0.887. The van der Waals surface area contributed by atoms with Gasteiger partial charge in [-0.2, -0.15) is 0 Å². The van der Waals surface area contributed by atoms with Crippen molar-refractivity contribution < 1.29 is 4.74 Å². The van der Waals surface area contributed by atoms with Crippen LogP contribution in [0.2, 0.25) is 5.02 Å². The van der Waals surface area contributed by atoms with Crippen LogP contribution < -0.4 is 10.1 Å². The van der Waals surface area contributed by atoms with Crippen LogP contribution in [0.4, 0.5) is 0 Å². The Morgan fingerprint density at radius 3 is 2.45 bits per heavy atom. The lowest BCUT2D eigenvalue weighted by Crippen LogP contribution is -2.05. The minimum atomic E-state index is 0.443. The summed E-state index contributed by atoms with van der Waals surface area (Å²) in [5.74, 6) is 0.959. The van der Waals surface area contributed by atoms with E-state index in [-0.39, 0.29) is 0 Å². The van der Waals surface area contributed by atoms with Gasteiger partial charge in [-0.05, 0) is 60.8 Å². The molecule has 0 aliphatic heterocycles. The third kappa shape index (κ3) is 3.14. The molecule has 0 amide bonds. The first-order valence-corrected chi connectivity index (χ1v) is 7.34. The Hall–Kier alpha value is -1.51. The van der Waals surface area contributed by atoms with Gasteiger partial charge >= 0.3 is 0 Å². The molecule has 3 rings (SSSR count). The number of halogens is 1. The molecule has 0 bridgehead atoms. The molecule has 104 valence electrons. The highest BCUT2D eigenvalue weighted by Crippen LogP contribution is 2.30. The fourth-order valence-corrected chi connectivity index (χ4v) is 2.37. The van der Waals surface area contributed by atoms with Crippen molar-refractivity contribution in [1.29, 1.82) is 0 Å². The second kappa shape index (κ2) is 5.86. The van der Waals surface area contributed by atoms with Crippen molar-refractivity contribution in [3.63, 3.8) is 0 Å². The second-order valence-corrected chi connectivity index (χ2v) is 5.59. The lowest BCUT2D eigenvalue weighted by molar-refractivity contribution is 0.303. The molecular weight excluding hydrogens is 270 g/mol. The molecule has 2 aromatic rings. The zero-order chi connectivity index (χ0) is 13.9. The number of nitrogens with one attached hydrogen (secondary N) is 1. The molecule has 1 fully saturated rings. The molecule has 1 aliphatic rings.